The number of rotatable bonds is 5. The maximum atomic E-state index is 13.1. The fourth-order valence-corrected chi connectivity index (χ4v) is 4.17. The highest BCUT2D eigenvalue weighted by Crippen LogP contribution is 2.34. The Balaban J connectivity index is 2.46. The van der Waals surface area contributed by atoms with Gasteiger partial charge >= 0.3 is 6.18 Å². The van der Waals surface area contributed by atoms with Crippen molar-refractivity contribution in [3.05, 3.63) is 58.1 Å². The zero-order valence-corrected chi connectivity index (χ0v) is 16.1. The molecule has 1 atom stereocenters. The van der Waals surface area contributed by atoms with E-state index in [4.69, 9.17) is 16.9 Å². The number of benzene rings is 2. The van der Waals surface area contributed by atoms with Crippen molar-refractivity contribution in [2.75, 3.05) is 11.0 Å². The first-order chi connectivity index (χ1) is 12.4. The highest BCUT2D eigenvalue weighted by molar-refractivity contribution is 7.92. The molecule has 144 valence electrons. The minimum Gasteiger partial charge on any atom is -0.278 e. The lowest BCUT2D eigenvalue weighted by molar-refractivity contribution is -0.137. The van der Waals surface area contributed by atoms with E-state index < -0.39 is 43.0 Å². The van der Waals surface area contributed by atoms with E-state index >= 15 is 0 Å². The molecule has 2 aromatic rings. The Kier molecular flexibility index (Phi) is 6.19. The van der Waals surface area contributed by atoms with E-state index in [0.29, 0.717) is 11.6 Å². The molecule has 0 amide bonds. The molecule has 0 bridgehead atoms. The molecule has 0 aliphatic rings. The molecule has 11 heteroatoms. The first-order valence-electron chi connectivity index (χ1n) is 7.16. The summed E-state index contributed by atoms with van der Waals surface area (Å²) in [7, 11) is -5.59. The molecule has 27 heavy (non-hydrogen) atoms. The summed E-state index contributed by atoms with van der Waals surface area (Å²) < 4.78 is 77.6. The number of hydrogen-bond donors (Lipinski definition) is 1. The summed E-state index contributed by atoms with van der Waals surface area (Å²) in [5, 5.41) is 8.81. The second kappa shape index (κ2) is 7.88. The fourth-order valence-electron chi connectivity index (χ4n) is 2.20. The molecule has 2 rings (SSSR count). The van der Waals surface area contributed by atoms with Crippen LogP contribution in [0.2, 0.25) is 5.02 Å². The second-order valence-electron chi connectivity index (χ2n) is 5.45. The third kappa shape index (κ3) is 5.22. The molecule has 0 spiro atoms. The molecular formula is C16H12ClF3N2O3S2. The van der Waals surface area contributed by atoms with Gasteiger partial charge in [0.05, 0.1) is 32.8 Å². The van der Waals surface area contributed by atoms with E-state index in [1.54, 1.807) is 6.07 Å². The SMILES string of the molecule is CS(=O)Cc1ccc(Cl)c(NS(=O)(=O)c2ccc(C#N)c(C(F)(F)F)c2)c1. The summed E-state index contributed by atoms with van der Waals surface area (Å²) >= 11 is 5.95. The van der Waals surface area contributed by atoms with Crippen molar-refractivity contribution in [2.24, 2.45) is 0 Å². The van der Waals surface area contributed by atoms with Gasteiger partial charge in [0, 0.05) is 22.8 Å². The van der Waals surface area contributed by atoms with Crippen LogP contribution in [0.5, 0.6) is 0 Å². The predicted octanol–water partition coefficient (Wildman–Crippen LogP) is 3.91. The van der Waals surface area contributed by atoms with Crippen LogP contribution in [0.15, 0.2) is 41.3 Å². The van der Waals surface area contributed by atoms with Crippen molar-refractivity contribution < 1.29 is 25.8 Å². The zero-order chi connectivity index (χ0) is 20.4. The Hall–Kier alpha value is -2.09. The molecule has 1 N–H and O–H groups in total. The number of nitrogens with one attached hydrogen (secondary N) is 1. The van der Waals surface area contributed by atoms with E-state index in [0.717, 1.165) is 12.1 Å². The maximum absolute atomic E-state index is 13.1. The third-order valence-corrected chi connectivity index (χ3v) is 5.80. The second-order valence-corrected chi connectivity index (χ2v) is 8.98. The quantitative estimate of drug-likeness (QED) is 0.769. The standard InChI is InChI=1S/C16H12ClF3N2O3S2/c1-26(23)9-10-2-5-14(17)15(6-10)22-27(24,25)12-4-3-11(8-21)13(7-12)16(18,19)20/h2-7,22H,9H2,1H3. The van der Waals surface area contributed by atoms with Crippen LogP contribution in [0.1, 0.15) is 16.7 Å². The molecule has 0 aliphatic carbocycles. The number of anilines is 1. The van der Waals surface area contributed by atoms with Gasteiger partial charge in [-0.3, -0.25) is 8.93 Å². The van der Waals surface area contributed by atoms with Crippen LogP contribution in [0.25, 0.3) is 0 Å². The van der Waals surface area contributed by atoms with Gasteiger partial charge in [0.1, 0.15) is 0 Å². The number of nitriles is 1. The molecule has 0 saturated carbocycles. The Labute approximate surface area is 161 Å². The summed E-state index contributed by atoms with van der Waals surface area (Å²) in [5.41, 5.74) is -1.56. The Morgan fingerprint density at radius 1 is 1.22 bits per heavy atom. The summed E-state index contributed by atoms with van der Waals surface area (Å²) in [5.74, 6) is 0.154. The first kappa shape index (κ1) is 21.2. The Morgan fingerprint density at radius 3 is 2.44 bits per heavy atom. The predicted molar refractivity (Wildman–Crippen MR) is 96.2 cm³/mol. The van der Waals surface area contributed by atoms with E-state index in [-0.39, 0.29) is 16.5 Å². The molecule has 0 aromatic heterocycles. The molecule has 0 radical (unpaired) electrons. The minimum absolute atomic E-state index is 0.0221. The van der Waals surface area contributed by atoms with Gasteiger partial charge in [-0.25, -0.2) is 8.42 Å². The Bertz CT molecular complexity index is 1050. The van der Waals surface area contributed by atoms with Crippen LogP contribution in [-0.4, -0.2) is 18.9 Å². The summed E-state index contributed by atoms with van der Waals surface area (Å²) in [6, 6.07) is 7.76. The van der Waals surface area contributed by atoms with Gasteiger partial charge in [-0.1, -0.05) is 17.7 Å². The molecule has 0 saturated heterocycles. The van der Waals surface area contributed by atoms with E-state index in [1.165, 1.54) is 24.5 Å². The molecule has 5 nitrogen and oxygen atoms in total. The minimum atomic E-state index is -4.89. The van der Waals surface area contributed by atoms with Crippen molar-refractivity contribution in [3.63, 3.8) is 0 Å². The van der Waals surface area contributed by atoms with Gasteiger partial charge in [-0.15, -0.1) is 0 Å². The van der Waals surface area contributed by atoms with Crippen LogP contribution < -0.4 is 4.72 Å². The monoisotopic (exact) mass is 436 g/mol. The number of sulfonamides is 1. The largest absolute Gasteiger partial charge is 0.417 e. The number of hydrogen-bond acceptors (Lipinski definition) is 4. The van der Waals surface area contributed by atoms with E-state index in [1.807, 2.05) is 0 Å². The lowest BCUT2D eigenvalue weighted by Crippen LogP contribution is -2.16. The number of alkyl halides is 3. The van der Waals surface area contributed by atoms with Gasteiger partial charge < -0.3 is 0 Å². The van der Waals surface area contributed by atoms with Crippen molar-refractivity contribution in [2.45, 2.75) is 16.8 Å². The van der Waals surface area contributed by atoms with Crippen LogP contribution in [-0.2, 0) is 32.8 Å². The van der Waals surface area contributed by atoms with Gasteiger partial charge in [-0.2, -0.15) is 18.4 Å². The van der Waals surface area contributed by atoms with Crippen LogP contribution >= 0.6 is 11.6 Å². The molecule has 2 aromatic carbocycles. The lowest BCUT2D eigenvalue weighted by Gasteiger charge is -2.14. The summed E-state index contributed by atoms with van der Waals surface area (Å²) in [4.78, 5) is -0.672. The van der Waals surface area contributed by atoms with Gasteiger partial charge in [0.2, 0.25) is 0 Å². The fraction of sp³-hybridized carbons (Fsp3) is 0.188. The first-order valence-corrected chi connectivity index (χ1v) is 10.8. The highest BCUT2D eigenvalue weighted by atomic mass is 35.5. The van der Waals surface area contributed by atoms with Crippen LogP contribution in [0.3, 0.4) is 0 Å². The van der Waals surface area contributed by atoms with Crippen molar-refractivity contribution in [1.29, 1.82) is 5.26 Å². The third-order valence-electron chi connectivity index (χ3n) is 3.37. The summed E-state index contributed by atoms with van der Waals surface area (Å²) in [6.07, 6.45) is -3.42. The number of nitrogens with zero attached hydrogens (tertiary/aromatic N) is 1. The van der Waals surface area contributed by atoms with Crippen molar-refractivity contribution in [3.8, 4) is 6.07 Å². The topological polar surface area (TPSA) is 87.0 Å². The smallest absolute Gasteiger partial charge is 0.278 e. The molecule has 0 aliphatic heterocycles. The average molecular weight is 437 g/mol. The van der Waals surface area contributed by atoms with Gasteiger partial charge in [0.25, 0.3) is 10.0 Å². The van der Waals surface area contributed by atoms with Crippen LogP contribution in [0, 0.1) is 11.3 Å². The van der Waals surface area contributed by atoms with E-state index in [2.05, 4.69) is 4.72 Å². The van der Waals surface area contributed by atoms with Crippen molar-refractivity contribution >= 4 is 38.1 Å². The van der Waals surface area contributed by atoms with Gasteiger partial charge in [-0.05, 0) is 35.9 Å². The number of halogens is 4. The molecule has 1 unspecified atom stereocenters. The van der Waals surface area contributed by atoms with Crippen molar-refractivity contribution in [1.82, 2.24) is 0 Å². The van der Waals surface area contributed by atoms with Crippen LogP contribution in [0.4, 0.5) is 18.9 Å². The molecule has 0 heterocycles. The van der Waals surface area contributed by atoms with E-state index in [9.17, 15) is 25.8 Å². The summed E-state index contributed by atoms with van der Waals surface area (Å²) in [6.45, 7) is 0. The highest BCUT2D eigenvalue weighted by Gasteiger charge is 2.35. The molecule has 0 fully saturated rings. The average Bonchev–Trinajstić information content (AvgIpc) is 2.55. The molecular weight excluding hydrogens is 425 g/mol. The Morgan fingerprint density at radius 2 is 1.89 bits per heavy atom. The lowest BCUT2D eigenvalue weighted by atomic mass is 10.1. The van der Waals surface area contributed by atoms with Gasteiger partial charge in [0.15, 0.2) is 0 Å². The maximum Gasteiger partial charge on any atom is 0.417 e. The normalized spacial score (nSPS) is 13.0. The zero-order valence-electron chi connectivity index (χ0n) is 13.7.